The summed E-state index contributed by atoms with van der Waals surface area (Å²) in [4.78, 5) is -0.182. The lowest BCUT2D eigenvalue weighted by Crippen LogP contribution is -2.03. The second-order valence-electron chi connectivity index (χ2n) is 5.45. The van der Waals surface area contributed by atoms with E-state index in [0.717, 1.165) is 45.1 Å². The van der Waals surface area contributed by atoms with E-state index in [2.05, 4.69) is 20.4 Å². The highest BCUT2D eigenvalue weighted by molar-refractivity contribution is 7.85. The molecule has 24 heavy (non-hydrogen) atoms. The number of rotatable bonds is 9. The van der Waals surface area contributed by atoms with E-state index in [1.165, 1.54) is 24.3 Å². The molecule has 1 heterocycles. The first-order chi connectivity index (χ1) is 11.5. The molecule has 2 rings (SSSR count). The largest absolute Gasteiger partial charge is 0.330 e. The van der Waals surface area contributed by atoms with Gasteiger partial charge in [0.15, 0.2) is 5.82 Å². The van der Waals surface area contributed by atoms with Crippen molar-refractivity contribution in [2.75, 3.05) is 6.54 Å². The Morgan fingerprint density at radius 1 is 0.875 bits per heavy atom. The zero-order valence-corrected chi connectivity index (χ0v) is 14.1. The zero-order chi connectivity index (χ0) is 17.4. The first kappa shape index (κ1) is 18.4. The van der Waals surface area contributed by atoms with Crippen LogP contribution in [-0.4, -0.2) is 39.9 Å². The van der Waals surface area contributed by atoms with Crippen molar-refractivity contribution in [1.82, 2.24) is 20.4 Å². The normalized spacial score (nSPS) is 11.6. The van der Waals surface area contributed by atoms with Crippen molar-refractivity contribution in [1.29, 1.82) is 0 Å². The predicted molar refractivity (Wildman–Crippen MR) is 88.7 cm³/mol. The van der Waals surface area contributed by atoms with Crippen molar-refractivity contribution in [2.45, 2.75) is 43.4 Å². The summed E-state index contributed by atoms with van der Waals surface area (Å²) in [5, 5.41) is 16.1. The summed E-state index contributed by atoms with van der Waals surface area (Å²) < 4.78 is 31.0. The van der Waals surface area contributed by atoms with Crippen molar-refractivity contribution in [3.63, 3.8) is 0 Å². The van der Waals surface area contributed by atoms with Crippen LogP contribution in [0.2, 0.25) is 0 Å². The fourth-order valence-electron chi connectivity index (χ4n) is 2.20. The molecular formula is C15H21N5O3S. The molecule has 0 saturated heterocycles. The molecule has 0 radical (unpaired) electrons. The maximum Gasteiger partial charge on any atom is 0.294 e. The third-order valence-electron chi connectivity index (χ3n) is 3.54. The van der Waals surface area contributed by atoms with Crippen LogP contribution >= 0.6 is 0 Å². The Morgan fingerprint density at radius 3 is 2.04 bits per heavy atom. The molecule has 0 amide bonds. The van der Waals surface area contributed by atoms with Crippen LogP contribution < -0.4 is 5.73 Å². The van der Waals surface area contributed by atoms with E-state index in [-0.39, 0.29) is 4.90 Å². The summed E-state index contributed by atoms with van der Waals surface area (Å²) in [6.45, 7) is 0.740. The lowest BCUT2D eigenvalue weighted by atomic mass is 10.1. The number of aryl methyl sites for hydroxylation is 1. The second kappa shape index (κ2) is 8.76. The fraction of sp³-hybridized carbons (Fsp3) is 0.467. The zero-order valence-electron chi connectivity index (χ0n) is 13.3. The van der Waals surface area contributed by atoms with Gasteiger partial charge in [0, 0.05) is 12.0 Å². The average Bonchev–Trinajstić information content (AvgIpc) is 2.58. The maximum atomic E-state index is 11.0. The number of unbranched alkanes of at least 4 members (excludes halogenated alkanes) is 4. The van der Waals surface area contributed by atoms with Gasteiger partial charge in [0.2, 0.25) is 5.82 Å². The summed E-state index contributed by atoms with van der Waals surface area (Å²) in [6.07, 6.45) is 6.16. The lowest BCUT2D eigenvalue weighted by Gasteiger charge is -2.02. The van der Waals surface area contributed by atoms with Crippen molar-refractivity contribution in [2.24, 2.45) is 5.73 Å². The molecule has 0 aliphatic carbocycles. The smallest absolute Gasteiger partial charge is 0.294 e. The van der Waals surface area contributed by atoms with E-state index >= 15 is 0 Å². The number of hydrogen-bond acceptors (Lipinski definition) is 7. The first-order valence-corrected chi connectivity index (χ1v) is 9.29. The molecule has 0 spiro atoms. The monoisotopic (exact) mass is 351 g/mol. The molecule has 0 bridgehead atoms. The van der Waals surface area contributed by atoms with E-state index in [1.807, 2.05) is 0 Å². The van der Waals surface area contributed by atoms with Crippen molar-refractivity contribution >= 4 is 10.1 Å². The molecule has 0 aliphatic heterocycles. The van der Waals surface area contributed by atoms with Crippen LogP contribution in [0.1, 0.15) is 37.9 Å². The maximum absolute atomic E-state index is 11.0. The minimum absolute atomic E-state index is 0.182. The Hall–Kier alpha value is -1.97. The van der Waals surface area contributed by atoms with E-state index in [9.17, 15) is 8.42 Å². The van der Waals surface area contributed by atoms with E-state index in [4.69, 9.17) is 10.3 Å². The molecular weight excluding hydrogens is 330 g/mol. The van der Waals surface area contributed by atoms with Crippen LogP contribution in [0.25, 0.3) is 11.4 Å². The van der Waals surface area contributed by atoms with Gasteiger partial charge in [-0.2, -0.15) is 8.42 Å². The van der Waals surface area contributed by atoms with E-state index in [1.54, 1.807) is 0 Å². The molecule has 0 unspecified atom stereocenters. The molecule has 0 aliphatic rings. The molecule has 0 saturated carbocycles. The predicted octanol–water partition coefficient (Wildman–Crippen LogP) is 1.63. The van der Waals surface area contributed by atoms with Gasteiger partial charge in [0.05, 0.1) is 4.90 Å². The third kappa shape index (κ3) is 5.59. The lowest BCUT2D eigenvalue weighted by molar-refractivity contribution is 0.483. The minimum atomic E-state index is -4.21. The number of nitrogens with zero attached hydrogens (tertiary/aromatic N) is 4. The Morgan fingerprint density at radius 2 is 1.46 bits per heavy atom. The molecule has 3 N–H and O–H groups in total. The van der Waals surface area contributed by atoms with Crippen LogP contribution in [0.15, 0.2) is 29.2 Å². The molecule has 0 fully saturated rings. The summed E-state index contributed by atoms with van der Waals surface area (Å²) in [5.74, 6) is 0.899. The van der Waals surface area contributed by atoms with Crippen LogP contribution in [0.3, 0.4) is 0 Å². The van der Waals surface area contributed by atoms with Gasteiger partial charge in [-0.05, 0) is 43.7 Å². The Balaban J connectivity index is 1.90. The van der Waals surface area contributed by atoms with Crippen LogP contribution in [0.5, 0.6) is 0 Å². The highest BCUT2D eigenvalue weighted by Gasteiger charge is 2.10. The average molecular weight is 351 g/mol. The van der Waals surface area contributed by atoms with Crippen LogP contribution in [0, 0.1) is 0 Å². The summed E-state index contributed by atoms with van der Waals surface area (Å²) in [6, 6.07) is 5.56. The Labute approximate surface area is 141 Å². The van der Waals surface area contributed by atoms with Gasteiger partial charge < -0.3 is 5.73 Å². The van der Waals surface area contributed by atoms with Gasteiger partial charge in [0.25, 0.3) is 10.1 Å². The summed E-state index contributed by atoms with van der Waals surface area (Å²) in [5.41, 5.74) is 6.03. The van der Waals surface area contributed by atoms with Gasteiger partial charge in [-0.3, -0.25) is 4.55 Å². The highest BCUT2D eigenvalue weighted by Crippen LogP contribution is 2.16. The van der Waals surface area contributed by atoms with Crippen molar-refractivity contribution in [3.8, 4) is 11.4 Å². The molecule has 8 nitrogen and oxygen atoms in total. The minimum Gasteiger partial charge on any atom is -0.330 e. The molecule has 9 heteroatoms. The first-order valence-electron chi connectivity index (χ1n) is 7.85. The number of aromatic nitrogens is 4. The molecule has 0 atom stereocenters. The molecule has 2 aromatic rings. The summed E-state index contributed by atoms with van der Waals surface area (Å²) >= 11 is 0. The Bertz CT molecular complexity index is 733. The van der Waals surface area contributed by atoms with Crippen LogP contribution in [-0.2, 0) is 16.5 Å². The van der Waals surface area contributed by atoms with Gasteiger partial charge in [-0.15, -0.1) is 20.4 Å². The Kier molecular flexibility index (Phi) is 6.71. The molecule has 130 valence electrons. The number of hydrogen-bond donors (Lipinski definition) is 2. The molecule has 1 aromatic carbocycles. The van der Waals surface area contributed by atoms with E-state index in [0.29, 0.717) is 17.2 Å². The standard InChI is InChI=1S/C15H21N5O3S/c16-11-5-3-1-2-4-6-14-17-19-15(20-18-14)12-7-9-13(10-8-12)24(21,22)23/h7-10H,1-6,11,16H2,(H,21,22,23). The van der Waals surface area contributed by atoms with Crippen molar-refractivity contribution in [3.05, 3.63) is 30.1 Å². The van der Waals surface area contributed by atoms with Gasteiger partial charge in [-0.1, -0.05) is 19.3 Å². The summed E-state index contributed by atoms with van der Waals surface area (Å²) in [7, 11) is -4.21. The number of nitrogens with two attached hydrogens (primary N) is 1. The second-order valence-corrected chi connectivity index (χ2v) is 6.87. The topological polar surface area (TPSA) is 132 Å². The van der Waals surface area contributed by atoms with E-state index < -0.39 is 10.1 Å². The van der Waals surface area contributed by atoms with Gasteiger partial charge >= 0.3 is 0 Å². The van der Waals surface area contributed by atoms with Gasteiger partial charge in [0.1, 0.15) is 0 Å². The quantitative estimate of drug-likeness (QED) is 0.514. The van der Waals surface area contributed by atoms with Crippen molar-refractivity contribution < 1.29 is 13.0 Å². The SMILES string of the molecule is NCCCCCCCc1nnc(-c2ccc(S(=O)(=O)O)cc2)nn1. The highest BCUT2D eigenvalue weighted by atomic mass is 32.2. The van der Waals surface area contributed by atoms with Crippen LogP contribution in [0.4, 0.5) is 0 Å². The fourth-order valence-corrected chi connectivity index (χ4v) is 2.68. The number of benzene rings is 1. The molecule has 1 aromatic heterocycles. The third-order valence-corrected chi connectivity index (χ3v) is 4.40. The van der Waals surface area contributed by atoms with Gasteiger partial charge in [-0.25, -0.2) is 0 Å².